The Hall–Kier alpha value is -3.52. The lowest BCUT2D eigenvalue weighted by atomic mass is 10.1. The maximum atomic E-state index is 12.8. The summed E-state index contributed by atoms with van der Waals surface area (Å²) in [5.74, 6) is 1.57. The van der Waals surface area contributed by atoms with Gasteiger partial charge in [0.1, 0.15) is 11.6 Å². The number of anilines is 1. The van der Waals surface area contributed by atoms with Gasteiger partial charge in [0.05, 0.1) is 23.7 Å². The van der Waals surface area contributed by atoms with Crippen LogP contribution < -0.4 is 10.1 Å². The van der Waals surface area contributed by atoms with E-state index in [2.05, 4.69) is 56.7 Å². The van der Waals surface area contributed by atoms with Crippen molar-refractivity contribution in [1.29, 1.82) is 0 Å². The molecular formula is C26H29N5O2S. The second kappa shape index (κ2) is 10.6. The smallest absolute Gasteiger partial charge is 0.234 e. The highest BCUT2D eigenvalue weighted by Crippen LogP contribution is 2.28. The standard InChI is InChI=1S/C26H29N5O2S/c1-5-33-23-14-7-6-12-21(23)27-25(32)17-34-26-29-28-24(16-20-11-9-15-30(20)4)31(26)22-13-8-10-18(2)19(22)3/h6-15H,5,16-17H2,1-4H3,(H,27,32). The topological polar surface area (TPSA) is 74.0 Å². The Balaban J connectivity index is 1.59. The molecular weight excluding hydrogens is 446 g/mol. The van der Waals surface area contributed by atoms with Gasteiger partial charge < -0.3 is 14.6 Å². The lowest BCUT2D eigenvalue weighted by molar-refractivity contribution is -0.113. The molecule has 8 heteroatoms. The van der Waals surface area contributed by atoms with E-state index in [1.165, 1.54) is 17.3 Å². The Bertz CT molecular complexity index is 1290. The maximum absolute atomic E-state index is 12.8. The minimum Gasteiger partial charge on any atom is -0.492 e. The molecule has 2 aromatic carbocycles. The number of aromatic nitrogens is 4. The van der Waals surface area contributed by atoms with Crippen LogP contribution in [-0.4, -0.2) is 37.6 Å². The molecule has 0 saturated heterocycles. The third-order valence-corrected chi connectivity index (χ3v) is 6.63. The molecule has 0 bridgehead atoms. The van der Waals surface area contributed by atoms with Crippen molar-refractivity contribution in [3.05, 3.63) is 83.4 Å². The number of rotatable bonds is 9. The highest BCUT2D eigenvalue weighted by atomic mass is 32.2. The summed E-state index contributed by atoms with van der Waals surface area (Å²) in [4.78, 5) is 12.8. The number of carbonyl (C=O) groups excluding carboxylic acids is 1. The van der Waals surface area contributed by atoms with Crippen molar-refractivity contribution in [2.24, 2.45) is 7.05 Å². The molecule has 0 aliphatic rings. The third-order valence-electron chi connectivity index (χ3n) is 5.70. The van der Waals surface area contributed by atoms with Gasteiger partial charge in [-0.3, -0.25) is 9.36 Å². The van der Waals surface area contributed by atoms with Gasteiger partial charge in [-0.25, -0.2) is 0 Å². The van der Waals surface area contributed by atoms with Crippen molar-refractivity contribution < 1.29 is 9.53 Å². The van der Waals surface area contributed by atoms with E-state index >= 15 is 0 Å². The zero-order chi connectivity index (χ0) is 24.1. The number of nitrogens with one attached hydrogen (secondary N) is 1. The van der Waals surface area contributed by atoms with Crippen LogP contribution in [0.4, 0.5) is 5.69 Å². The van der Waals surface area contributed by atoms with Gasteiger partial charge in [0.2, 0.25) is 5.91 Å². The zero-order valence-corrected chi connectivity index (χ0v) is 20.7. The highest BCUT2D eigenvalue weighted by Gasteiger charge is 2.19. The summed E-state index contributed by atoms with van der Waals surface area (Å²) in [5.41, 5.74) is 5.18. The molecule has 0 unspecified atom stereocenters. The lowest BCUT2D eigenvalue weighted by Crippen LogP contribution is -2.15. The van der Waals surface area contributed by atoms with Gasteiger partial charge in [0.25, 0.3) is 0 Å². The number of amides is 1. The quantitative estimate of drug-likeness (QED) is 0.347. The van der Waals surface area contributed by atoms with Crippen LogP contribution in [0.1, 0.15) is 29.6 Å². The summed E-state index contributed by atoms with van der Waals surface area (Å²) in [6.45, 7) is 6.64. The van der Waals surface area contributed by atoms with Crippen molar-refractivity contribution >= 4 is 23.4 Å². The number of ether oxygens (including phenoxy) is 1. The van der Waals surface area contributed by atoms with Gasteiger partial charge in [-0.2, -0.15) is 0 Å². The summed E-state index contributed by atoms with van der Waals surface area (Å²) in [6, 6.07) is 17.7. The van der Waals surface area contributed by atoms with Crippen LogP contribution in [0.5, 0.6) is 5.75 Å². The van der Waals surface area contributed by atoms with Gasteiger partial charge in [0, 0.05) is 25.4 Å². The first-order valence-corrected chi connectivity index (χ1v) is 12.2. The number of benzene rings is 2. The fourth-order valence-corrected chi connectivity index (χ4v) is 4.50. The molecule has 0 saturated carbocycles. The highest BCUT2D eigenvalue weighted by molar-refractivity contribution is 7.99. The van der Waals surface area contributed by atoms with Crippen LogP contribution in [0.3, 0.4) is 0 Å². The van der Waals surface area contributed by atoms with Crippen LogP contribution in [0.25, 0.3) is 5.69 Å². The molecule has 0 aliphatic heterocycles. The van der Waals surface area contributed by atoms with E-state index in [-0.39, 0.29) is 11.7 Å². The van der Waals surface area contributed by atoms with E-state index in [9.17, 15) is 4.79 Å². The molecule has 176 valence electrons. The van der Waals surface area contributed by atoms with Crippen LogP contribution in [0.2, 0.25) is 0 Å². The molecule has 1 amide bonds. The molecule has 0 aliphatic carbocycles. The maximum Gasteiger partial charge on any atom is 0.234 e. The monoisotopic (exact) mass is 475 g/mol. The summed E-state index contributed by atoms with van der Waals surface area (Å²) in [7, 11) is 2.02. The predicted octanol–water partition coefficient (Wildman–Crippen LogP) is 4.94. The molecule has 34 heavy (non-hydrogen) atoms. The largest absolute Gasteiger partial charge is 0.492 e. The van der Waals surface area contributed by atoms with Crippen molar-refractivity contribution in [2.45, 2.75) is 32.3 Å². The van der Waals surface area contributed by atoms with Crippen LogP contribution in [0.15, 0.2) is 66.0 Å². The molecule has 4 rings (SSSR count). The zero-order valence-electron chi connectivity index (χ0n) is 19.9. The molecule has 2 heterocycles. The number of hydrogen-bond donors (Lipinski definition) is 1. The molecule has 2 aromatic heterocycles. The van der Waals surface area contributed by atoms with Crippen LogP contribution in [-0.2, 0) is 18.3 Å². The minimum absolute atomic E-state index is 0.128. The number of nitrogens with zero attached hydrogens (tertiary/aromatic N) is 4. The number of carbonyl (C=O) groups is 1. The number of thioether (sulfide) groups is 1. The molecule has 7 nitrogen and oxygen atoms in total. The Morgan fingerprint density at radius 1 is 1.06 bits per heavy atom. The second-order valence-electron chi connectivity index (χ2n) is 8.01. The molecule has 1 N–H and O–H groups in total. The average Bonchev–Trinajstić information content (AvgIpc) is 3.42. The molecule has 0 radical (unpaired) electrons. The predicted molar refractivity (Wildman–Crippen MR) is 136 cm³/mol. The van der Waals surface area contributed by atoms with Crippen molar-refractivity contribution in [3.63, 3.8) is 0 Å². The van der Waals surface area contributed by atoms with E-state index in [0.29, 0.717) is 29.6 Å². The van der Waals surface area contributed by atoms with Crippen molar-refractivity contribution in [2.75, 3.05) is 17.7 Å². The average molecular weight is 476 g/mol. The van der Waals surface area contributed by atoms with Crippen molar-refractivity contribution in [3.8, 4) is 11.4 Å². The summed E-state index contributed by atoms with van der Waals surface area (Å²) >= 11 is 1.37. The van der Waals surface area contributed by atoms with E-state index in [0.717, 1.165) is 22.8 Å². The van der Waals surface area contributed by atoms with Gasteiger partial charge in [-0.15, -0.1) is 10.2 Å². The van der Waals surface area contributed by atoms with Crippen LogP contribution in [0, 0.1) is 13.8 Å². The fourth-order valence-electron chi connectivity index (χ4n) is 3.74. The minimum atomic E-state index is -0.128. The first-order chi connectivity index (χ1) is 16.5. The second-order valence-corrected chi connectivity index (χ2v) is 8.95. The van der Waals surface area contributed by atoms with Gasteiger partial charge in [0.15, 0.2) is 5.16 Å². The Morgan fingerprint density at radius 3 is 2.65 bits per heavy atom. The Kier molecular flexibility index (Phi) is 7.37. The van der Waals surface area contributed by atoms with E-state index in [4.69, 9.17) is 4.74 Å². The normalized spacial score (nSPS) is 10.9. The number of para-hydroxylation sites is 2. The fraction of sp³-hybridized carbons (Fsp3) is 0.269. The number of aryl methyl sites for hydroxylation is 2. The van der Waals surface area contributed by atoms with E-state index < -0.39 is 0 Å². The Labute approximate surface area is 204 Å². The SMILES string of the molecule is CCOc1ccccc1NC(=O)CSc1nnc(Cc2cccn2C)n1-c1cccc(C)c1C. The van der Waals surface area contributed by atoms with Gasteiger partial charge in [-0.1, -0.05) is 36.0 Å². The lowest BCUT2D eigenvalue weighted by Gasteiger charge is -2.15. The summed E-state index contributed by atoms with van der Waals surface area (Å²) in [6.07, 6.45) is 2.66. The molecule has 0 fully saturated rings. The van der Waals surface area contributed by atoms with Crippen LogP contribution >= 0.6 is 11.8 Å². The van der Waals surface area contributed by atoms with E-state index in [1.54, 1.807) is 0 Å². The van der Waals surface area contributed by atoms with Gasteiger partial charge >= 0.3 is 0 Å². The third kappa shape index (κ3) is 5.17. The summed E-state index contributed by atoms with van der Waals surface area (Å²) in [5, 5.41) is 12.6. The molecule has 4 aromatic rings. The van der Waals surface area contributed by atoms with Crippen molar-refractivity contribution in [1.82, 2.24) is 19.3 Å². The Morgan fingerprint density at radius 2 is 1.88 bits per heavy atom. The first-order valence-electron chi connectivity index (χ1n) is 11.2. The molecule has 0 atom stereocenters. The first kappa shape index (κ1) is 23.6. The van der Waals surface area contributed by atoms with E-state index in [1.807, 2.05) is 56.6 Å². The molecule has 0 spiro atoms. The summed E-state index contributed by atoms with van der Waals surface area (Å²) < 4.78 is 9.77. The van der Waals surface area contributed by atoms with Gasteiger partial charge in [-0.05, 0) is 62.2 Å². The number of hydrogen-bond acceptors (Lipinski definition) is 5.